The fraction of sp³-hybridized carbons (Fsp3) is 0.424. The lowest BCUT2D eigenvalue weighted by Crippen LogP contribution is -2.72. The topological polar surface area (TPSA) is 169 Å². The van der Waals surface area contributed by atoms with Crippen molar-refractivity contribution in [1.29, 1.82) is 5.26 Å². The number of pyridine rings is 1. The number of aromatic nitrogens is 4. The van der Waals surface area contributed by atoms with Crippen LogP contribution in [0.3, 0.4) is 0 Å². The average molecular weight is 713 g/mol. The number of hydrogen-bond donors (Lipinski definition) is 2. The summed E-state index contributed by atoms with van der Waals surface area (Å²) in [5.74, 6) is -2.66. The van der Waals surface area contributed by atoms with Gasteiger partial charge in [0.05, 0.1) is 53.0 Å². The second-order valence-corrected chi connectivity index (χ2v) is 15.1. The van der Waals surface area contributed by atoms with Crippen LogP contribution in [0.2, 0.25) is 0 Å². The highest BCUT2D eigenvalue weighted by atomic mass is 32.2. The molecule has 7 rings (SSSR count). The number of benzene rings is 1. The number of carbonyl (C=O) groups is 2. The van der Waals surface area contributed by atoms with E-state index in [0.717, 1.165) is 44.7 Å². The Hall–Kier alpha value is -4.79. The Morgan fingerprint density at radius 1 is 1.10 bits per heavy atom. The van der Waals surface area contributed by atoms with E-state index in [4.69, 9.17) is 14.9 Å². The molecule has 2 fully saturated rings. The highest BCUT2D eigenvalue weighted by Crippen LogP contribution is 2.54. The number of likely N-dealkylation sites (tertiary alicyclic amines) is 1. The van der Waals surface area contributed by atoms with Crippen LogP contribution in [0.4, 0.5) is 18.9 Å². The molecule has 1 spiro atoms. The highest BCUT2D eigenvalue weighted by Gasteiger charge is 2.57. The van der Waals surface area contributed by atoms with Crippen molar-refractivity contribution in [1.82, 2.24) is 29.0 Å². The van der Waals surface area contributed by atoms with E-state index in [1.54, 1.807) is 22.7 Å². The zero-order chi connectivity index (χ0) is 36.2. The van der Waals surface area contributed by atoms with Crippen LogP contribution in [0.25, 0.3) is 33.4 Å². The molecule has 0 unspecified atom stereocenters. The first-order chi connectivity index (χ1) is 23.6. The number of nitrogens with one attached hydrogen (secondary N) is 1. The van der Waals surface area contributed by atoms with Gasteiger partial charge in [-0.2, -0.15) is 27.8 Å². The minimum absolute atomic E-state index is 0.0435. The summed E-state index contributed by atoms with van der Waals surface area (Å²) in [6.45, 7) is 3.44. The predicted octanol–water partition coefficient (Wildman–Crippen LogP) is 3.89. The Balaban J connectivity index is 0.000000561. The maximum atomic E-state index is 14.2. The number of likely N-dealkylation sites (N-methyl/N-ethyl adjacent to an activating group) is 1. The molecule has 2 N–H and O–H groups in total. The molecule has 3 aliphatic heterocycles. The molecular weight excluding hydrogens is 677 g/mol. The van der Waals surface area contributed by atoms with Crippen molar-refractivity contribution in [2.75, 3.05) is 43.9 Å². The van der Waals surface area contributed by atoms with Crippen molar-refractivity contribution < 1.29 is 36.3 Å². The van der Waals surface area contributed by atoms with Gasteiger partial charge in [0.2, 0.25) is 15.9 Å². The lowest BCUT2D eigenvalue weighted by molar-refractivity contribution is -0.192. The molecule has 0 atom stereocenters. The van der Waals surface area contributed by atoms with E-state index in [9.17, 15) is 31.6 Å². The third-order valence-corrected chi connectivity index (χ3v) is 11.8. The number of alkyl halides is 3. The molecule has 3 aromatic heterocycles. The number of aliphatic carboxylic acids is 1. The van der Waals surface area contributed by atoms with Crippen LogP contribution >= 0.6 is 0 Å². The van der Waals surface area contributed by atoms with E-state index < -0.39 is 33.1 Å². The summed E-state index contributed by atoms with van der Waals surface area (Å²) in [7, 11) is 0.388. The molecule has 6 heterocycles. The van der Waals surface area contributed by atoms with Gasteiger partial charge in [-0.15, -0.1) is 0 Å². The Morgan fingerprint density at radius 3 is 2.28 bits per heavy atom. The largest absolute Gasteiger partial charge is 0.490 e. The number of aromatic amines is 1. The second-order valence-electron chi connectivity index (χ2n) is 12.8. The van der Waals surface area contributed by atoms with Crippen molar-refractivity contribution in [3.05, 3.63) is 54.5 Å². The normalized spacial score (nSPS) is 18.7. The number of aryl methyl sites for hydroxylation is 1. The molecule has 0 saturated carbocycles. The maximum absolute atomic E-state index is 14.2. The van der Waals surface area contributed by atoms with Gasteiger partial charge in [0.1, 0.15) is 5.65 Å². The SMILES string of the molecule is CCS(=O)(=O)N1CC(CC#N)(N2CCC3(CC2)C(=O)N(C)c2cnc4[nH]c(-c5cnn(C)c5)c(-c5ccccc5)c4c23)C1.O=C(O)C(F)(F)F. The quantitative estimate of drug-likeness (QED) is 0.301. The molecule has 1 aromatic carbocycles. The predicted molar refractivity (Wildman–Crippen MR) is 177 cm³/mol. The first-order valence-electron chi connectivity index (χ1n) is 15.9. The van der Waals surface area contributed by atoms with Crippen molar-refractivity contribution in [3.63, 3.8) is 0 Å². The summed E-state index contributed by atoms with van der Waals surface area (Å²) in [6, 6.07) is 12.5. The molecule has 50 heavy (non-hydrogen) atoms. The van der Waals surface area contributed by atoms with Crippen LogP contribution in [0.5, 0.6) is 0 Å². The zero-order valence-corrected chi connectivity index (χ0v) is 28.3. The van der Waals surface area contributed by atoms with Gasteiger partial charge in [0.25, 0.3) is 0 Å². The number of sulfonamides is 1. The second kappa shape index (κ2) is 12.5. The van der Waals surface area contributed by atoms with E-state index in [-0.39, 0.29) is 18.1 Å². The summed E-state index contributed by atoms with van der Waals surface area (Å²) < 4.78 is 60.0. The van der Waals surface area contributed by atoms with Crippen LogP contribution < -0.4 is 4.90 Å². The van der Waals surface area contributed by atoms with E-state index in [2.05, 4.69) is 33.2 Å². The number of carboxylic acid groups (broad SMARTS) is 1. The Labute approximate surface area is 286 Å². The van der Waals surface area contributed by atoms with E-state index in [1.165, 1.54) is 4.31 Å². The molecule has 17 heteroatoms. The van der Waals surface area contributed by atoms with Gasteiger partial charge < -0.3 is 15.0 Å². The molecule has 1 amide bonds. The first kappa shape index (κ1) is 35.1. The molecular formula is C33H35F3N8O5S. The van der Waals surface area contributed by atoms with Gasteiger partial charge in [-0.05, 0) is 25.3 Å². The number of amides is 1. The van der Waals surface area contributed by atoms with E-state index in [0.29, 0.717) is 39.0 Å². The summed E-state index contributed by atoms with van der Waals surface area (Å²) in [6.07, 6.45) is 1.90. The summed E-state index contributed by atoms with van der Waals surface area (Å²) in [5, 5.41) is 22.2. The monoisotopic (exact) mass is 712 g/mol. The Kier molecular flexibility index (Phi) is 8.77. The molecule has 4 aromatic rings. The minimum atomic E-state index is -5.08. The van der Waals surface area contributed by atoms with E-state index in [1.807, 2.05) is 44.7 Å². The van der Waals surface area contributed by atoms with Crippen molar-refractivity contribution >= 4 is 38.6 Å². The summed E-state index contributed by atoms with van der Waals surface area (Å²) >= 11 is 0. The molecule has 2 saturated heterocycles. The van der Waals surface area contributed by atoms with Crippen molar-refractivity contribution in [2.24, 2.45) is 7.05 Å². The molecule has 0 radical (unpaired) electrons. The first-order valence-corrected chi connectivity index (χ1v) is 17.5. The van der Waals surface area contributed by atoms with Gasteiger partial charge in [0, 0.05) is 68.5 Å². The lowest BCUT2D eigenvalue weighted by Gasteiger charge is -2.56. The van der Waals surface area contributed by atoms with Gasteiger partial charge in [0.15, 0.2) is 0 Å². The Morgan fingerprint density at radius 2 is 1.74 bits per heavy atom. The average Bonchev–Trinajstić information content (AvgIpc) is 3.73. The maximum Gasteiger partial charge on any atom is 0.490 e. The lowest BCUT2D eigenvalue weighted by atomic mass is 9.70. The number of nitrogens with zero attached hydrogens (tertiary/aromatic N) is 7. The van der Waals surface area contributed by atoms with Crippen LogP contribution in [-0.4, -0.2) is 105 Å². The summed E-state index contributed by atoms with van der Waals surface area (Å²) in [4.78, 5) is 35.5. The van der Waals surface area contributed by atoms with Crippen LogP contribution in [0, 0.1) is 11.3 Å². The zero-order valence-electron chi connectivity index (χ0n) is 27.5. The number of carbonyl (C=O) groups excluding carboxylic acids is 1. The Bertz CT molecular complexity index is 2110. The number of hydrogen-bond acceptors (Lipinski definition) is 8. The molecule has 264 valence electrons. The highest BCUT2D eigenvalue weighted by molar-refractivity contribution is 7.89. The molecule has 0 aliphatic carbocycles. The fourth-order valence-corrected chi connectivity index (χ4v) is 8.71. The van der Waals surface area contributed by atoms with Gasteiger partial charge in [-0.1, -0.05) is 30.3 Å². The number of halogens is 3. The number of carboxylic acids is 1. The number of piperidine rings is 1. The smallest absolute Gasteiger partial charge is 0.475 e. The standard InChI is InChI=1S/C31H34N8O3S.C2HF3O2/c1-4-43(41,42)39-19-30(20-39,10-13-32)38-14-11-31(12-15-38)26-23(37(3)29(31)40)17-33-28-25(26)24(21-8-6-5-7-9-21)27(35-28)22-16-34-36(2)18-22;3-2(4,5)1(6)7/h5-9,16-18H,4,10-12,14-15,19-20H2,1-3H3,(H,33,35);(H,6,7). The van der Waals surface area contributed by atoms with E-state index >= 15 is 0 Å². The fourth-order valence-electron chi connectivity index (χ4n) is 7.47. The number of nitriles is 1. The third-order valence-electron chi connectivity index (χ3n) is 10.1. The van der Waals surface area contributed by atoms with Crippen molar-refractivity contribution in [3.8, 4) is 28.5 Å². The van der Waals surface area contributed by atoms with Crippen LogP contribution in [0.15, 0.2) is 48.9 Å². The molecule has 3 aliphatic rings. The summed E-state index contributed by atoms with van der Waals surface area (Å²) in [5.41, 5.74) is 5.11. The molecule has 13 nitrogen and oxygen atoms in total. The molecule has 0 bridgehead atoms. The minimum Gasteiger partial charge on any atom is -0.475 e. The number of rotatable bonds is 6. The third kappa shape index (κ3) is 5.70. The number of anilines is 1. The number of H-pyrrole nitrogens is 1. The van der Waals surface area contributed by atoms with Gasteiger partial charge in [-0.25, -0.2) is 18.2 Å². The van der Waals surface area contributed by atoms with Gasteiger partial charge >= 0.3 is 12.1 Å². The van der Waals surface area contributed by atoms with Crippen LogP contribution in [0.1, 0.15) is 31.7 Å². The van der Waals surface area contributed by atoms with Gasteiger partial charge in [-0.3, -0.25) is 14.4 Å². The van der Waals surface area contributed by atoms with Crippen LogP contribution in [-0.2, 0) is 32.1 Å². The number of fused-ring (bicyclic) bond motifs is 4. The van der Waals surface area contributed by atoms with Crippen molar-refractivity contribution in [2.45, 2.75) is 43.3 Å².